The maximum absolute atomic E-state index is 5.52. The van der Waals surface area contributed by atoms with Crippen LogP contribution in [-0.4, -0.2) is 38.9 Å². The van der Waals surface area contributed by atoms with Gasteiger partial charge in [0, 0.05) is 18.6 Å². The Labute approximate surface area is 99.3 Å². The third kappa shape index (κ3) is 3.44. The van der Waals surface area contributed by atoms with Gasteiger partial charge >= 0.3 is 0 Å². The van der Waals surface area contributed by atoms with Gasteiger partial charge < -0.3 is 15.4 Å². The molecule has 0 aromatic rings. The highest BCUT2D eigenvalue weighted by Crippen LogP contribution is 2.28. The highest BCUT2D eigenvalue weighted by atomic mass is 16.5. The van der Waals surface area contributed by atoms with Crippen molar-refractivity contribution in [3.63, 3.8) is 0 Å². The Kier molecular flexibility index (Phi) is 5.07. The molecule has 1 saturated carbocycles. The summed E-state index contributed by atoms with van der Waals surface area (Å²) in [4.78, 5) is 0. The number of hydrogen-bond donors (Lipinski definition) is 2. The molecule has 0 bridgehead atoms. The summed E-state index contributed by atoms with van der Waals surface area (Å²) in [6.07, 6.45) is 8.35. The zero-order valence-corrected chi connectivity index (χ0v) is 10.5. The standard InChI is InChI=1S/C13H26N2O/c1-14-13(11-5-3-2-4-6-11)9-12-10-16-8-7-15-12/h11-15H,2-10H2,1H3. The average molecular weight is 226 g/mol. The van der Waals surface area contributed by atoms with Gasteiger partial charge in [0.15, 0.2) is 0 Å². The second kappa shape index (κ2) is 6.58. The van der Waals surface area contributed by atoms with Crippen molar-refractivity contribution in [3.05, 3.63) is 0 Å². The molecule has 3 heteroatoms. The predicted molar refractivity (Wildman–Crippen MR) is 66.6 cm³/mol. The van der Waals surface area contributed by atoms with Crippen molar-refractivity contribution in [2.45, 2.75) is 50.6 Å². The molecule has 2 rings (SSSR count). The Hall–Kier alpha value is -0.120. The average Bonchev–Trinajstić information content (AvgIpc) is 2.38. The number of ether oxygens (including phenoxy) is 1. The molecule has 3 nitrogen and oxygen atoms in total. The van der Waals surface area contributed by atoms with Crippen LogP contribution >= 0.6 is 0 Å². The van der Waals surface area contributed by atoms with Crippen LogP contribution in [0.1, 0.15) is 38.5 Å². The molecule has 2 unspecified atom stereocenters. The van der Waals surface area contributed by atoms with E-state index in [1.165, 1.54) is 38.5 Å². The van der Waals surface area contributed by atoms with E-state index in [1.54, 1.807) is 0 Å². The van der Waals surface area contributed by atoms with Gasteiger partial charge in [-0.25, -0.2) is 0 Å². The third-order valence-corrected chi connectivity index (χ3v) is 4.13. The minimum atomic E-state index is 0.563. The largest absolute Gasteiger partial charge is 0.379 e. The van der Waals surface area contributed by atoms with Crippen LogP contribution in [0.15, 0.2) is 0 Å². The van der Waals surface area contributed by atoms with E-state index >= 15 is 0 Å². The van der Waals surface area contributed by atoms with Crippen molar-refractivity contribution in [1.29, 1.82) is 0 Å². The fourth-order valence-electron chi connectivity index (χ4n) is 3.16. The molecule has 2 aliphatic rings. The zero-order valence-electron chi connectivity index (χ0n) is 10.5. The highest BCUT2D eigenvalue weighted by Gasteiger charge is 2.25. The maximum atomic E-state index is 5.52. The molecular formula is C13H26N2O. The van der Waals surface area contributed by atoms with Gasteiger partial charge in [-0.05, 0) is 32.2 Å². The molecule has 0 spiro atoms. The molecule has 1 heterocycles. The van der Waals surface area contributed by atoms with E-state index < -0.39 is 0 Å². The van der Waals surface area contributed by atoms with Crippen molar-refractivity contribution >= 4 is 0 Å². The molecule has 0 aromatic heterocycles. The topological polar surface area (TPSA) is 33.3 Å². The van der Waals surface area contributed by atoms with E-state index in [0.29, 0.717) is 12.1 Å². The quantitative estimate of drug-likeness (QED) is 0.763. The Morgan fingerprint density at radius 3 is 2.75 bits per heavy atom. The third-order valence-electron chi connectivity index (χ3n) is 4.13. The Morgan fingerprint density at radius 2 is 2.12 bits per heavy atom. The molecule has 0 amide bonds. The van der Waals surface area contributed by atoms with Gasteiger partial charge in [0.2, 0.25) is 0 Å². The van der Waals surface area contributed by atoms with Gasteiger partial charge in [0.1, 0.15) is 0 Å². The molecule has 1 aliphatic heterocycles. The summed E-state index contributed by atoms with van der Waals surface area (Å²) in [7, 11) is 2.11. The molecule has 16 heavy (non-hydrogen) atoms. The fraction of sp³-hybridized carbons (Fsp3) is 1.00. The highest BCUT2D eigenvalue weighted by molar-refractivity contribution is 4.84. The van der Waals surface area contributed by atoms with Crippen molar-refractivity contribution in [1.82, 2.24) is 10.6 Å². The summed E-state index contributed by atoms with van der Waals surface area (Å²) >= 11 is 0. The minimum absolute atomic E-state index is 0.563. The molecule has 1 saturated heterocycles. The fourth-order valence-corrected chi connectivity index (χ4v) is 3.16. The Bertz CT molecular complexity index is 186. The maximum Gasteiger partial charge on any atom is 0.0620 e. The van der Waals surface area contributed by atoms with E-state index in [1.807, 2.05) is 0 Å². The van der Waals surface area contributed by atoms with Crippen LogP contribution in [0.25, 0.3) is 0 Å². The van der Waals surface area contributed by atoms with E-state index in [0.717, 1.165) is 25.7 Å². The lowest BCUT2D eigenvalue weighted by atomic mass is 9.81. The SMILES string of the molecule is CNC(CC1COCCN1)C1CCCCC1. The van der Waals surface area contributed by atoms with Gasteiger partial charge in [-0.15, -0.1) is 0 Å². The molecule has 2 atom stereocenters. The van der Waals surface area contributed by atoms with Crippen LogP contribution in [-0.2, 0) is 4.74 Å². The molecule has 1 aliphatic carbocycles. The molecule has 0 radical (unpaired) electrons. The summed E-state index contributed by atoms with van der Waals surface area (Å²) in [6, 6.07) is 1.24. The second-order valence-electron chi connectivity index (χ2n) is 5.25. The number of nitrogens with one attached hydrogen (secondary N) is 2. The van der Waals surface area contributed by atoms with Gasteiger partial charge in [0.25, 0.3) is 0 Å². The van der Waals surface area contributed by atoms with Crippen molar-refractivity contribution in [2.24, 2.45) is 5.92 Å². The number of rotatable bonds is 4. The number of hydrogen-bond acceptors (Lipinski definition) is 3. The number of morpholine rings is 1. The van der Waals surface area contributed by atoms with Gasteiger partial charge in [-0.1, -0.05) is 19.3 Å². The van der Waals surface area contributed by atoms with E-state index in [9.17, 15) is 0 Å². The molecule has 2 fully saturated rings. The zero-order chi connectivity index (χ0) is 11.2. The van der Waals surface area contributed by atoms with Crippen molar-refractivity contribution in [3.8, 4) is 0 Å². The van der Waals surface area contributed by atoms with E-state index in [4.69, 9.17) is 4.74 Å². The predicted octanol–water partition coefficient (Wildman–Crippen LogP) is 1.53. The summed E-state index contributed by atoms with van der Waals surface area (Å²) in [5.41, 5.74) is 0. The molecule has 0 aromatic carbocycles. The first-order valence-electron chi connectivity index (χ1n) is 6.88. The van der Waals surface area contributed by atoms with Gasteiger partial charge in [-0.2, -0.15) is 0 Å². The van der Waals surface area contributed by atoms with E-state index in [-0.39, 0.29) is 0 Å². The Balaban J connectivity index is 1.78. The second-order valence-corrected chi connectivity index (χ2v) is 5.25. The lowest BCUT2D eigenvalue weighted by molar-refractivity contribution is 0.0666. The molecular weight excluding hydrogens is 200 g/mol. The van der Waals surface area contributed by atoms with Crippen LogP contribution in [0.2, 0.25) is 0 Å². The minimum Gasteiger partial charge on any atom is -0.379 e. The lowest BCUT2D eigenvalue weighted by Crippen LogP contribution is -2.47. The lowest BCUT2D eigenvalue weighted by Gasteiger charge is -2.34. The van der Waals surface area contributed by atoms with Crippen LogP contribution in [0.3, 0.4) is 0 Å². The van der Waals surface area contributed by atoms with Crippen molar-refractivity contribution in [2.75, 3.05) is 26.8 Å². The summed E-state index contributed by atoms with van der Waals surface area (Å²) in [6.45, 7) is 2.79. The Morgan fingerprint density at radius 1 is 1.31 bits per heavy atom. The molecule has 94 valence electrons. The first-order valence-corrected chi connectivity index (χ1v) is 6.88. The van der Waals surface area contributed by atoms with Crippen molar-refractivity contribution < 1.29 is 4.74 Å². The first-order chi connectivity index (χ1) is 7.90. The van der Waals surface area contributed by atoms with Gasteiger partial charge in [-0.3, -0.25) is 0 Å². The van der Waals surface area contributed by atoms with Gasteiger partial charge in [0.05, 0.1) is 13.2 Å². The summed E-state index contributed by atoms with van der Waals surface area (Å²) in [5.74, 6) is 0.891. The normalized spacial score (nSPS) is 30.2. The van der Waals surface area contributed by atoms with Crippen LogP contribution in [0, 0.1) is 5.92 Å². The van der Waals surface area contributed by atoms with Crippen LogP contribution in [0.4, 0.5) is 0 Å². The van der Waals surface area contributed by atoms with Crippen LogP contribution < -0.4 is 10.6 Å². The smallest absolute Gasteiger partial charge is 0.0620 e. The first kappa shape index (κ1) is 12.3. The molecule has 2 N–H and O–H groups in total. The van der Waals surface area contributed by atoms with Crippen LogP contribution in [0.5, 0.6) is 0 Å². The van der Waals surface area contributed by atoms with E-state index in [2.05, 4.69) is 17.7 Å². The summed E-state index contributed by atoms with van der Waals surface area (Å²) < 4.78 is 5.52. The summed E-state index contributed by atoms with van der Waals surface area (Å²) in [5, 5.41) is 7.08. The monoisotopic (exact) mass is 226 g/mol.